The molecule has 2 aromatic carbocycles. The zero-order valence-corrected chi connectivity index (χ0v) is 16.4. The molecule has 28 heavy (non-hydrogen) atoms. The van der Waals surface area contributed by atoms with Crippen molar-refractivity contribution in [1.29, 1.82) is 0 Å². The lowest BCUT2D eigenvalue weighted by molar-refractivity contribution is -0.124. The van der Waals surface area contributed by atoms with E-state index in [1.165, 1.54) is 0 Å². The summed E-state index contributed by atoms with van der Waals surface area (Å²) >= 11 is 0. The molecule has 2 aromatic rings. The van der Waals surface area contributed by atoms with Gasteiger partial charge >= 0.3 is 0 Å². The van der Waals surface area contributed by atoms with Gasteiger partial charge in [-0.1, -0.05) is 30.3 Å². The first kappa shape index (κ1) is 18.9. The second-order valence-corrected chi connectivity index (χ2v) is 7.88. The molecule has 2 aliphatic rings. The van der Waals surface area contributed by atoms with Crippen molar-refractivity contribution in [3.05, 3.63) is 42.5 Å². The summed E-state index contributed by atoms with van der Waals surface area (Å²) in [6.45, 7) is 5.62. The minimum atomic E-state index is -0.200. The first-order valence-corrected chi connectivity index (χ1v) is 10.1. The molecule has 0 aromatic heterocycles. The number of amides is 2. The van der Waals surface area contributed by atoms with Gasteiger partial charge in [0.1, 0.15) is 0 Å². The Morgan fingerprint density at radius 1 is 1.04 bits per heavy atom. The summed E-state index contributed by atoms with van der Waals surface area (Å²) in [5.41, 5.74) is 0.825. The van der Waals surface area contributed by atoms with Gasteiger partial charge in [0, 0.05) is 37.9 Å². The van der Waals surface area contributed by atoms with Crippen LogP contribution in [0, 0.1) is 0 Å². The minimum Gasteiger partial charge on any atom is -0.352 e. The Bertz CT molecular complexity index is 856. The van der Waals surface area contributed by atoms with E-state index in [0.29, 0.717) is 12.6 Å². The van der Waals surface area contributed by atoms with Gasteiger partial charge in [0.15, 0.2) is 0 Å². The Kier molecular flexibility index (Phi) is 5.59. The number of anilines is 1. The number of hydrogen-bond acceptors (Lipinski definition) is 4. The van der Waals surface area contributed by atoms with Gasteiger partial charge in [0.2, 0.25) is 11.8 Å². The van der Waals surface area contributed by atoms with Crippen LogP contribution in [0.15, 0.2) is 42.5 Å². The summed E-state index contributed by atoms with van der Waals surface area (Å²) in [7, 11) is 0. The Balaban J connectivity index is 1.27. The van der Waals surface area contributed by atoms with Crippen LogP contribution in [0.1, 0.15) is 19.8 Å². The van der Waals surface area contributed by atoms with Crippen LogP contribution >= 0.6 is 0 Å². The number of fused-ring (bicyclic) bond motifs is 1. The minimum absolute atomic E-state index is 0.00945. The lowest BCUT2D eigenvalue weighted by Crippen LogP contribution is -2.54. The maximum atomic E-state index is 12.7. The standard InChI is InChI=1S/C22H28N4O2/c1-16(22(28)24-20-7-6-17-4-2-3-5-18(17)14-20)26-12-10-25(11-13-26)15-21(27)23-19-8-9-19/h2-7,14,16,19H,8-13,15H2,1H3,(H,23,27)(H,24,28). The Morgan fingerprint density at radius 2 is 1.75 bits per heavy atom. The molecule has 0 spiro atoms. The molecule has 1 saturated carbocycles. The average Bonchev–Trinajstić information content (AvgIpc) is 3.51. The highest BCUT2D eigenvalue weighted by Gasteiger charge is 2.28. The second-order valence-electron chi connectivity index (χ2n) is 7.88. The van der Waals surface area contributed by atoms with Crippen molar-refractivity contribution >= 4 is 28.3 Å². The van der Waals surface area contributed by atoms with Crippen molar-refractivity contribution in [2.45, 2.75) is 31.8 Å². The van der Waals surface area contributed by atoms with Crippen LogP contribution in [0.3, 0.4) is 0 Å². The molecule has 1 aliphatic carbocycles. The van der Waals surface area contributed by atoms with Gasteiger partial charge in [0.25, 0.3) is 0 Å². The summed E-state index contributed by atoms with van der Waals surface area (Å²) < 4.78 is 0. The largest absolute Gasteiger partial charge is 0.352 e. The number of piperazine rings is 1. The zero-order valence-electron chi connectivity index (χ0n) is 16.4. The van der Waals surface area contributed by atoms with Crippen LogP contribution in [0.5, 0.6) is 0 Å². The Labute approximate surface area is 165 Å². The van der Waals surface area contributed by atoms with Gasteiger partial charge in [0.05, 0.1) is 12.6 Å². The van der Waals surface area contributed by atoms with Gasteiger partial charge in [-0.2, -0.15) is 0 Å². The molecule has 1 saturated heterocycles. The number of carbonyl (C=O) groups excluding carboxylic acids is 2. The molecule has 2 fully saturated rings. The molecular formula is C22H28N4O2. The fraction of sp³-hybridized carbons (Fsp3) is 0.455. The average molecular weight is 380 g/mol. The summed E-state index contributed by atoms with van der Waals surface area (Å²) in [5.74, 6) is 0.133. The second kappa shape index (κ2) is 8.29. The highest BCUT2D eigenvalue weighted by molar-refractivity contribution is 5.97. The molecule has 2 N–H and O–H groups in total. The third-order valence-electron chi connectivity index (χ3n) is 5.66. The third kappa shape index (κ3) is 4.69. The first-order valence-electron chi connectivity index (χ1n) is 10.1. The van der Waals surface area contributed by atoms with E-state index in [0.717, 1.165) is 55.5 Å². The van der Waals surface area contributed by atoms with Crippen molar-refractivity contribution < 1.29 is 9.59 Å². The molecule has 1 atom stereocenters. The van der Waals surface area contributed by atoms with Crippen molar-refractivity contribution in [3.8, 4) is 0 Å². The summed E-state index contributed by atoms with van der Waals surface area (Å²) in [6.07, 6.45) is 2.23. The quantitative estimate of drug-likeness (QED) is 0.805. The maximum Gasteiger partial charge on any atom is 0.241 e. The Morgan fingerprint density at radius 3 is 2.46 bits per heavy atom. The smallest absolute Gasteiger partial charge is 0.241 e. The van der Waals surface area contributed by atoms with E-state index in [2.05, 4.69) is 26.5 Å². The van der Waals surface area contributed by atoms with E-state index in [9.17, 15) is 9.59 Å². The van der Waals surface area contributed by atoms with E-state index in [1.54, 1.807) is 0 Å². The molecule has 1 heterocycles. The molecule has 148 valence electrons. The fourth-order valence-corrected chi connectivity index (χ4v) is 3.69. The predicted octanol–water partition coefficient (Wildman–Crippen LogP) is 2.06. The lowest BCUT2D eigenvalue weighted by Gasteiger charge is -2.37. The van der Waals surface area contributed by atoms with Crippen LogP contribution < -0.4 is 10.6 Å². The van der Waals surface area contributed by atoms with Gasteiger partial charge in [-0.05, 0) is 42.7 Å². The normalized spacial score (nSPS) is 19.3. The molecule has 1 aliphatic heterocycles. The Hall–Kier alpha value is -2.44. The number of nitrogens with zero attached hydrogens (tertiary/aromatic N) is 2. The number of rotatable bonds is 6. The highest BCUT2D eigenvalue weighted by Crippen LogP contribution is 2.20. The van der Waals surface area contributed by atoms with E-state index < -0.39 is 0 Å². The number of hydrogen-bond donors (Lipinski definition) is 2. The summed E-state index contributed by atoms with van der Waals surface area (Å²) in [4.78, 5) is 29.0. The summed E-state index contributed by atoms with van der Waals surface area (Å²) in [6, 6.07) is 14.3. The third-order valence-corrected chi connectivity index (χ3v) is 5.66. The van der Waals surface area contributed by atoms with E-state index >= 15 is 0 Å². The van der Waals surface area contributed by atoms with E-state index in [-0.39, 0.29) is 17.9 Å². The molecule has 6 heteroatoms. The molecular weight excluding hydrogens is 352 g/mol. The van der Waals surface area contributed by atoms with Gasteiger partial charge in [-0.25, -0.2) is 0 Å². The first-order chi connectivity index (χ1) is 13.6. The van der Waals surface area contributed by atoms with Gasteiger partial charge in [-0.15, -0.1) is 0 Å². The monoisotopic (exact) mass is 380 g/mol. The fourth-order valence-electron chi connectivity index (χ4n) is 3.69. The van der Waals surface area contributed by atoms with Crippen LogP contribution in [-0.2, 0) is 9.59 Å². The van der Waals surface area contributed by atoms with Gasteiger partial charge in [-0.3, -0.25) is 19.4 Å². The maximum absolute atomic E-state index is 12.7. The molecule has 2 amide bonds. The number of nitrogens with one attached hydrogen (secondary N) is 2. The van der Waals surface area contributed by atoms with Crippen molar-refractivity contribution in [3.63, 3.8) is 0 Å². The zero-order chi connectivity index (χ0) is 19.5. The van der Waals surface area contributed by atoms with Crippen LogP contribution in [0.2, 0.25) is 0 Å². The van der Waals surface area contributed by atoms with Gasteiger partial charge < -0.3 is 10.6 Å². The van der Waals surface area contributed by atoms with Crippen molar-refractivity contribution in [2.24, 2.45) is 0 Å². The highest BCUT2D eigenvalue weighted by atomic mass is 16.2. The van der Waals surface area contributed by atoms with E-state index in [1.807, 2.05) is 43.3 Å². The van der Waals surface area contributed by atoms with Crippen LogP contribution in [0.25, 0.3) is 10.8 Å². The molecule has 4 rings (SSSR count). The van der Waals surface area contributed by atoms with Crippen LogP contribution in [-0.4, -0.2) is 66.4 Å². The lowest BCUT2D eigenvalue weighted by atomic mass is 10.1. The predicted molar refractivity (Wildman–Crippen MR) is 111 cm³/mol. The number of carbonyl (C=O) groups is 2. The van der Waals surface area contributed by atoms with Crippen molar-refractivity contribution in [2.75, 3.05) is 38.0 Å². The molecule has 0 radical (unpaired) electrons. The number of benzene rings is 2. The molecule has 6 nitrogen and oxygen atoms in total. The summed E-state index contributed by atoms with van der Waals surface area (Å²) in [5, 5.41) is 8.36. The van der Waals surface area contributed by atoms with E-state index in [4.69, 9.17) is 0 Å². The molecule has 1 unspecified atom stereocenters. The topological polar surface area (TPSA) is 64.7 Å². The molecule has 0 bridgehead atoms. The SMILES string of the molecule is CC(C(=O)Nc1ccc2ccccc2c1)N1CCN(CC(=O)NC2CC2)CC1. The van der Waals surface area contributed by atoms with Crippen LogP contribution in [0.4, 0.5) is 5.69 Å². The van der Waals surface area contributed by atoms with Crippen molar-refractivity contribution in [1.82, 2.24) is 15.1 Å².